The fraction of sp³-hybridized carbons (Fsp3) is 0.227. The van der Waals surface area contributed by atoms with E-state index in [-0.39, 0.29) is 16.0 Å². The summed E-state index contributed by atoms with van der Waals surface area (Å²) in [5.74, 6) is -0.907. The van der Waals surface area contributed by atoms with Crippen molar-refractivity contribution in [3.8, 4) is 0 Å². The highest BCUT2D eigenvalue weighted by molar-refractivity contribution is 7.07. The van der Waals surface area contributed by atoms with Crippen LogP contribution in [0.1, 0.15) is 29.8 Å². The molecular weight excluding hydrogens is 430 g/mol. The van der Waals surface area contributed by atoms with Gasteiger partial charge >= 0.3 is 5.97 Å². The summed E-state index contributed by atoms with van der Waals surface area (Å²) < 4.78 is 8.43. The Kier molecular flexibility index (Phi) is 4.48. The van der Waals surface area contributed by atoms with Crippen LogP contribution in [0.2, 0.25) is 0 Å². The molecular formula is C22H19N5O4S. The minimum absolute atomic E-state index is 0.267. The number of thiazole rings is 1. The lowest BCUT2D eigenvalue weighted by molar-refractivity contribution is -0.136. The molecule has 162 valence electrons. The molecule has 32 heavy (non-hydrogen) atoms. The van der Waals surface area contributed by atoms with Crippen molar-refractivity contribution in [1.29, 1.82) is 0 Å². The number of ether oxygens (including phenoxy) is 1. The van der Waals surface area contributed by atoms with Crippen molar-refractivity contribution in [2.24, 2.45) is 12.0 Å². The third-order valence-corrected chi connectivity index (χ3v) is 6.92. The Labute approximate surface area is 186 Å². The van der Waals surface area contributed by atoms with Crippen LogP contribution in [0, 0.1) is 6.92 Å². The van der Waals surface area contributed by atoms with Crippen LogP contribution >= 0.6 is 11.3 Å². The zero-order valence-corrected chi connectivity index (χ0v) is 18.6. The quantitative estimate of drug-likeness (QED) is 0.582. The lowest BCUT2D eigenvalue weighted by Crippen LogP contribution is -2.40. The molecule has 1 unspecified atom stereocenters. The van der Waals surface area contributed by atoms with Gasteiger partial charge in [0.25, 0.3) is 11.5 Å². The van der Waals surface area contributed by atoms with E-state index in [1.165, 1.54) is 11.7 Å². The molecule has 0 saturated heterocycles. The summed E-state index contributed by atoms with van der Waals surface area (Å²) in [5.41, 5.74) is 3.46. The normalized spacial score (nSPS) is 18.8. The predicted octanol–water partition coefficient (Wildman–Crippen LogP) is 0.772. The minimum Gasteiger partial charge on any atom is -0.466 e. The smallest absolute Gasteiger partial charge is 0.338 e. The second-order valence-electron chi connectivity index (χ2n) is 7.58. The number of nitrogens with one attached hydrogen (secondary N) is 1. The highest BCUT2D eigenvalue weighted by Crippen LogP contribution is 2.33. The summed E-state index contributed by atoms with van der Waals surface area (Å²) in [7, 11) is 3.08. The fourth-order valence-corrected chi connectivity index (χ4v) is 5.31. The maximum atomic E-state index is 13.7. The fourth-order valence-electron chi connectivity index (χ4n) is 4.16. The Morgan fingerprint density at radius 2 is 1.97 bits per heavy atom. The first-order valence-electron chi connectivity index (χ1n) is 9.86. The highest BCUT2D eigenvalue weighted by Gasteiger charge is 2.36. The monoisotopic (exact) mass is 449 g/mol. The minimum atomic E-state index is -0.763. The number of esters is 1. The van der Waals surface area contributed by atoms with Crippen LogP contribution in [0.15, 0.2) is 51.5 Å². The zero-order chi connectivity index (χ0) is 22.7. The molecule has 0 bridgehead atoms. The van der Waals surface area contributed by atoms with Gasteiger partial charge in [0.1, 0.15) is 10.6 Å². The first-order chi connectivity index (χ1) is 15.3. The molecule has 2 aliphatic rings. The summed E-state index contributed by atoms with van der Waals surface area (Å²) in [6.07, 6.45) is 1.64. The van der Waals surface area contributed by atoms with Gasteiger partial charge in [-0.2, -0.15) is 5.10 Å². The Morgan fingerprint density at radius 1 is 1.22 bits per heavy atom. The summed E-state index contributed by atoms with van der Waals surface area (Å²) in [6.45, 7) is 3.58. The number of rotatable bonds is 2. The maximum Gasteiger partial charge on any atom is 0.338 e. The van der Waals surface area contributed by atoms with Crippen LogP contribution < -0.4 is 20.2 Å². The standard InChI is InChI=1S/C22H19N5O4S/c1-10-15(21(30)31-4)17(13-9-23-26(3)11(13)2)27-20(29)18(32-22(27)24-10)16-12-7-5-6-8-14(12)25-19(16)28/h5-9,17H,1-4H3,(H,25,28)/b18-16-. The molecule has 0 saturated carbocycles. The van der Waals surface area contributed by atoms with Gasteiger partial charge in [-0.15, -0.1) is 0 Å². The van der Waals surface area contributed by atoms with Crippen molar-refractivity contribution in [3.05, 3.63) is 78.2 Å². The van der Waals surface area contributed by atoms with Gasteiger partial charge < -0.3 is 10.1 Å². The van der Waals surface area contributed by atoms with Crippen molar-refractivity contribution in [2.45, 2.75) is 19.9 Å². The van der Waals surface area contributed by atoms with Gasteiger partial charge in [0.05, 0.1) is 30.1 Å². The first-order valence-corrected chi connectivity index (χ1v) is 10.7. The van der Waals surface area contributed by atoms with Gasteiger partial charge in [0, 0.05) is 29.6 Å². The molecule has 1 N–H and O–H groups in total. The third kappa shape index (κ3) is 2.72. The molecule has 1 amide bonds. The number of fused-ring (bicyclic) bond motifs is 2. The molecule has 0 spiro atoms. The summed E-state index contributed by atoms with van der Waals surface area (Å²) in [5, 5.41) is 7.10. The number of hydrogen-bond acceptors (Lipinski definition) is 7. The van der Waals surface area contributed by atoms with E-state index in [4.69, 9.17) is 4.74 Å². The summed E-state index contributed by atoms with van der Waals surface area (Å²) in [6, 6.07) is 6.47. The Balaban J connectivity index is 1.87. The number of aromatic nitrogens is 3. The molecule has 10 heteroatoms. The number of para-hydroxylation sites is 1. The molecule has 0 fully saturated rings. The molecule has 0 radical (unpaired) electrons. The SMILES string of the molecule is COC(=O)C1=C(C)N=c2s/c(=C3\C(=O)Nc4ccccc43)c(=O)n2C1c1cnn(C)c1C. The van der Waals surface area contributed by atoms with E-state index in [0.29, 0.717) is 32.9 Å². The second kappa shape index (κ2) is 7.13. The molecule has 5 rings (SSSR count). The van der Waals surface area contributed by atoms with Crippen LogP contribution in [0.25, 0.3) is 5.57 Å². The van der Waals surface area contributed by atoms with Gasteiger partial charge in [-0.3, -0.25) is 18.8 Å². The first kappa shape index (κ1) is 20.1. The molecule has 4 heterocycles. The van der Waals surface area contributed by atoms with Crippen molar-refractivity contribution >= 4 is 34.5 Å². The number of amides is 1. The highest BCUT2D eigenvalue weighted by atomic mass is 32.1. The average molecular weight is 449 g/mol. The molecule has 2 aliphatic heterocycles. The van der Waals surface area contributed by atoms with E-state index in [1.807, 2.05) is 19.1 Å². The second-order valence-corrected chi connectivity index (χ2v) is 8.56. The molecule has 1 aromatic carbocycles. The summed E-state index contributed by atoms with van der Waals surface area (Å²) >= 11 is 1.14. The van der Waals surface area contributed by atoms with Crippen molar-refractivity contribution < 1.29 is 14.3 Å². The van der Waals surface area contributed by atoms with Crippen LogP contribution in [-0.2, 0) is 21.4 Å². The molecule has 0 aliphatic carbocycles. The van der Waals surface area contributed by atoms with Crippen molar-refractivity contribution in [1.82, 2.24) is 14.3 Å². The third-order valence-electron chi connectivity index (χ3n) is 5.87. The van der Waals surface area contributed by atoms with E-state index in [9.17, 15) is 14.4 Å². The van der Waals surface area contributed by atoms with E-state index in [2.05, 4.69) is 15.4 Å². The van der Waals surface area contributed by atoms with Crippen molar-refractivity contribution in [2.75, 3.05) is 12.4 Å². The number of benzene rings is 1. The lowest BCUT2D eigenvalue weighted by Gasteiger charge is -2.23. The predicted molar refractivity (Wildman–Crippen MR) is 118 cm³/mol. The topological polar surface area (TPSA) is 108 Å². The number of methoxy groups -OCH3 is 1. The van der Waals surface area contributed by atoms with E-state index in [0.717, 1.165) is 17.0 Å². The molecule has 2 aromatic heterocycles. The van der Waals surface area contributed by atoms with Gasteiger partial charge in [0.15, 0.2) is 4.80 Å². The number of hydrogen-bond donors (Lipinski definition) is 1. The molecule has 9 nitrogen and oxygen atoms in total. The largest absolute Gasteiger partial charge is 0.466 e. The molecule has 3 aromatic rings. The van der Waals surface area contributed by atoms with E-state index < -0.39 is 17.6 Å². The molecule has 1 atom stereocenters. The van der Waals surface area contributed by atoms with Gasteiger partial charge in [-0.25, -0.2) is 9.79 Å². The lowest BCUT2D eigenvalue weighted by atomic mass is 9.96. The van der Waals surface area contributed by atoms with Gasteiger partial charge in [-0.1, -0.05) is 29.5 Å². The van der Waals surface area contributed by atoms with Crippen molar-refractivity contribution in [3.63, 3.8) is 0 Å². The van der Waals surface area contributed by atoms with E-state index >= 15 is 0 Å². The van der Waals surface area contributed by atoms with Crippen LogP contribution in [0.3, 0.4) is 0 Å². The van der Waals surface area contributed by atoms with Crippen LogP contribution in [-0.4, -0.2) is 33.3 Å². The van der Waals surface area contributed by atoms with Crippen LogP contribution in [0.4, 0.5) is 5.69 Å². The zero-order valence-electron chi connectivity index (χ0n) is 17.8. The Bertz CT molecular complexity index is 1540. The summed E-state index contributed by atoms with van der Waals surface area (Å²) in [4.78, 5) is 44.2. The number of allylic oxidation sites excluding steroid dienone is 1. The van der Waals surface area contributed by atoms with Crippen LogP contribution in [0.5, 0.6) is 0 Å². The maximum absolute atomic E-state index is 13.7. The van der Waals surface area contributed by atoms with Gasteiger partial charge in [-0.05, 0) is 19.9 Å². The Morgan fingerprint density at radius 3 is 2.66 bits per heavy atom. The number of nitrogens with zero attached hydrogens (tertiary/aromatic N) is 4. The number of anilines is 1. The van der Waals surface area contributed by atoms with E-state index in [1.54, 1.807) is 37.0 Å². The number of carbonyl (C=O) groups excluding carboxylic acids is 2. The Hall–Kier alpha value is -3.79. The van der Waals surface area contributed by atoms with Gasteiger partial charge in [0.2, 0.25) is 0 Å². The average Bonchev–Trinajstić information content (AvgIpc) is 3.39. The number of carbonyl (C=O) groups is 2. The number of aryl methyl sites for hydroxylation is 1.